The fourth-order valence-corrected chi connectivity index (χ4v) is 3.36. The van der Waals surface area contributed by atoms with Crippen LogP contribution in [-0.2, 0) is 9.53 Å². The average Bonchev–Trinajstić information content (AvgIpc) is 2.63. The number of hydrogen-bond donors (Lipinski definition) is 0. The lowest BCUT2D eigenvalue weighted by molar-refractivity contribution is -0.135. The van der Waals surface area contributed by atoms with E-state index < -0.39 is 0 Å². The van der Waals surface area contributed by atoms with E-state index in [1.54, 1.807) is 0 Å². The summed E-state index contributed by atoms with van der Waals surface area (Å²) in [5.74, 6) is 0.00969. The highest BCUT2D eigenvalue weighted by atomic mass is 19.1. The molecule has 24 heavy (non-hydrogen) atoms. The summed E-state index contributed by atoms with van der Waals surface area (Å²) in [6.45, 7) is 8.98. The van der Waals surface area contributed by atoms with E-state index in [1.807, 2.05) is 17.0 Å². The van der Waals surface area contributed by atoms with Gasteiger partial charge in [-0.25, -0.2) is 4.39 Å². The lowest BCUT2D eigenvalue weighted by Crippen LogP contribution is -2.52. The number of ether oxygens (including phenoxy) is 1. The van der Waals surface area contributed by atoms with Crippen molar-refractivity contribution >= 4 is 5.91 Å². The molecule has 1 atom stereocenters. The molecule has 0 N–H and O–H groups in total. The van der Waals surface area contributed by atoms with Gasteiger partial charge in [0.1, 0.15) is 5.82 Å². The van der Waals surface area contributed by atoms with Crippen LogP contribution in [0.1, 0.15) is 18.5 Å². The number of rotatable bonds is 4. The number of piperazine rings is 1. The van der Waals surface area contributed by atoms with Gasteiger partial charge >= 0.3 is 0 Å². The Balaban J connectivity index is 1.47. The molecule has 2 heterocycles. The second-order valence-electron chi connectivity index (χ2n) is 6.53. The molecule has 0 spiro atoms. The number of benzene rings is 1. The second kappa shape index (κ2) is 8.05. The smallest absolute Gasteiger partial charge is 0.236 e. The highest BCUT2D eigenvalue weighted by Crippen LogP contribution is 2.22. The molecule has 3 rings (SSSR count). The number of amides is 1. The molecule has 0 aliphatic carbocycles. The lowest BCUT2D eigenvalue weighted by atomic mass is 10.1. The van der Waals surface area contributed by atoms with E-state index in [0.717, 1.165) is 58.0 Å². The van der Waals surface area contributed by atoms with Gasteiger partial charge in [0.05, 0.1) is 19.8 Å². The van der Waals surface area contributed by atoms with Crippen molar-refractivity contribution in [2.75, 3.05) is 59.0 Å². The fraction of sp³-hybridized carbons (Fsp3) is 0.611. The summed E-state index contributed by atoms with van der Waals surface area (Å²) >= 11 is 0. The molecule has 6 heteroatoms. The fourth-order valence-electron chi connectivity index (χ4n) is 3.36. The topological polar surface area (TPSA) is 36.0 Å². The van der Waals surface area contributed by atoms with Crippen molar-refractivity contribution < 1.29 is 13.9 Å². The van der Waals surface area contributed by atoms with Crippen molar-refractivity contribution in [3.63, 3.8) is 0 Å². The third kappa shape index (κ3) is 4.32. The number of carbonyl (C=O) groups is 1. The number of carbonyl (C=O) groups excluding carboxylic acids is 1. The third-order valence-electron chi connectivity index (χ3n) is 5.03. The Hall–Kier alpha value is -1.50. The normalized spacial score (nSPS) is 21.7. The monoisotopic (exact) mass is 335 g/mol. The minimum Gasteiger partial charge on any atom is -0.379 e. The summed E-state index contributed by atoms with van der Waals surface area (Å²) < 4.78 is 18.4. The molecule has 0 aromatic heterocycles. The van der Waals surface area contributed by atoms with E-state index in [0.29, 0.717) is 6.54 Å². The maximum Gasteiger partial charge on any atom is 0.236 e. The largest absolute Gasteiger partial charge is 0.379 e. The van der Waals surface area contributed by atoms with Crippen LogP contribution >= 0.6 is 0 Å². The van der Waals surface area contributed by atoms with Crippen LogP contribution in [0.2, 0.25) is 0 Å². The molecule has 2 aliphatic rings. The molecule has 0 radical (unpaired) electrons. The molecule has 5 nitrogen and oxygen atoms in total. The van der Waals surface area contributed by atoms with E-state index in [9.17, 15) is 9.18 Å². The minimum atomic E-state index is -0.204. The van der Waals surface area contributed by atoms with Gasteiger partial charge < -0.3 is 9.64 Å². The van der Waals surface area contributed by atoms with Crippen LogP contribution < -0.4 is 0 Å². The van der Waals surface area contributed by atoms with Crippen molar-refractivity contribution in [2.24, 2.45) is 0 Å². The van der Waals surface area contributed by atoms with Gasteiger partial charge in [0.15, 0.2) is 0 Å². The van der Waals surface area contributed by atoms with Gasteiger partial charge in [-0.15, -0.1) is 0 Å². The van der Waals surface area contributed by atoms with Gasteiger partial charge in [0.25, 0.3) is 0 Å². The summed E-state index contributed by atoms with van der Waals surface area (Å²) in [6, 6.07) is 6.94. The van der Waals surface area contributed by atoms with Gasteiger partial charge in [-0.05, 0) is 24.6 Å². The first kappa shape index (κ1) is 17.3. The van der Waals surface area contributed by atoms with Gasteiger partial charge in [0.2, 0.25) is 5.91 Å². The summed E-state index contributed by atoms with van der Waals surface area (Å²) in [5.41, 5.74) is 1.12. The molecule has 0 saturated carbocycles. The minimum absolute atomic E-state index is 0.204. The molecule has 2 saturated heterocycles. The van der Waals surface area contributed by atoms with Crippen LogP contribution in [-0.4, -0.2) is 79.6 Å². The quantitative estimate of drug-likeness (QED) is 0.833. The molecule has 1 amide bonds. The van der Waals surface area contributed by atoms with Crippen molar-refractivity contribution in [2.45, 2.75) is 13.0 Å². The Morgan fingerprint density at radius 3 is 2.33 bits per heavy atom. The molecule has 2 aliphatic heterocycles. The second-order valence-corrected chi connectivity index (χ2v) is 6.53. The van der Waals surface area contributed by atoms with Crippen LogP contribution in [0.3, 0.4) is 0 Å². The van der Waals surface area contributed by atoms with Gasteiger partial charge in [-0.2, -0.15) is 0 Å². The molecular formula is C18H26FN3O2. The molecule has 1 aromatic rings. The standard InChI is InChI=1S/C18H26FN3O2/c1-15(16-2-4-17(19)5-3-16)21-6-8-22(9-7-21)18(23)14-20-10-12-24-13-11-20/h2-5,15H,6-14H2,1H3/t15-/m0/s1. The zero-order valence-electron chi connectivity index (χ0n) is 14.3. The Labute approximate surface area is 143 Å². The molecule has 2 fully saturated rings. The van der Waals surface area contributed by atoms with E-state index in [-0.39, 0.29) is 17.8 Å². The van der Waals surface area contributed by atoms with Crippen LogP contribution in [0.15, 0.2) is 24.3 Å². The van der Waals surface area contributed by atoms with Crippen molar-refractivity contribution in [3.05, 3.63) is 35.6 Å². The first-order valence-corrected chi connectivity index (χ1v) is 8.71. The molecule has 0 bridgehead atoms. The van der Waals surface area contributed by atoms with Crippen LogP contribution in [0.4, 0.5) is 4.39 Å². The first-order valence-electron chi connectivity index (χ1n) is 8.71. The lowest BCUT2D eigenvalue weighted by Gasteiger charge is -2.39. The van der Waals surface area contributed by atoms with Crippen LogP contribution in [0.5, 0.6) is 0 Å². The third-order valence-corrected chi connectivity index (χ3v) is 5.03. The van der Waals surface area contributed by atoms with Gasteiger partial charge in [0, 0.05) is 45.3 Å². The van der Waals surface area contributed by atoms with Crippen molar-refractivity contribution in [1.29, 1.82) is 0 Å². The first-order chi connectivity index (χ1) is 11.6. The SMILES string of the molecule is C[C@@H](c1ccc(F)cc1)N1CCN(C(=O)CN2CCOCC2)CC1. The van der Waals surface area contributed by atoms with Crippen molar-refractivity contribution in [1.82, 2.24) is 14.7 Å². The molecule has 132 valence electrons. The number of nitrogens with zero attached hydrogens (tertiary/aromatic N) is 3. The van der Waals surface area contributed by atoms with Crippen molar-refractivity contribution in [3.8, 4) is 0 Å². The predicted molar refractivity (Wildman–Crippen MR) is 90.2 cm³/mol. The van der Waals surface area contributed by atoms with E-state index in [2.05, 4.69) is 16.7 Å². The average molecular weight is 335 g/mol. The Kier molecular flexibility index (Phi) is 5.81. The summed E-state index contributed by atoms with van der Waals surface area (Å²) in [6.07, 6.45) is 0. The Morgan fingerprint density at radius 2 is 1.71 bits per heavy atom. The van der Waals surface area contributed by atoms with Crippen LogP contribution in [0.25, 0.3) is 0 Å². The Morgan fingerprint density at radius 1 is 1.08 bits per heavy atom. The summed E-state index contributed by atoms with van der Waals surface area (Å²) in [7, 11) is 0. The number of morpholine rings is 1. The molecular weight excluding hydrogens is 309 g/mol. The number of hydrogen-bond acceptors (Lipinski definition) is 4. The predicted octanol–water partition coefficient (Wildman–Crippen LogP) is 1.36. The van der Waals surface area contributed by atoms with E-state index >= 15 is 0 Å². The molecule has 0 unspecified atom stereocenters. The highest BCUT2D eigenvalue weighted by molar-refractivity contribution is 5.78. The van der Waals surface area contributed by atoms with Crippen LogP contribution in [0, 0.1) is 5.82 Å². The molecule has 1 aromatic carbocycles. The maximum absolute atomic E-state index is 13.1. The number of halogens is 1. The zero-order valence-corrected chi connectivity index (χ0v) is 14.3. The Bertz CT molecular complexity index is 538. The maximum atomic E-state index is 13.1. The van der Waals surface area contributed by atoms with E-state index in [1.165, 1.54) is 12.1 Å². The van der Waals surface area contributed by atoms with Gasteiger partial charge in [-0.3, -0.25) is 14.6 Å². The van der Waals surface area contributed by atoms with Gasteiger partial charge in [-0.1, -0.05) is 12.1 Å². The highest BCUT2D eigenvalue weighted by Gasteiger charge is 2.26. The zero-order chi connectivity index (χ0) is 16.9. The van der Waals surface area contributed by atoms with E-state index in [4.69, 9.17) is 4.74 Å². The summed E-state index contributed by atoms with van der Waals surface area (Å²) in [5, 5.41) is 0. The summed E-state index contributed by atoms with van der Waals surface area (Å²) in [4.78, 5) is 18.9.